The number of halogens is 2. The quantitative estimate of drug-likeness (QED) is 0.156. The standard InChI is InChI=1S/C27H30Br2N2O5/c1-3-5-6-7-8-9-14-36-24-22(28)16-18(17-23(24)29)15-21-25(32)30-27(34)31(26(21)33)19-10-12-20(13-11-19)35-4-2/h10-13,15-17H,3-9,14H2,1-2H3,(H,30,32,34)/b21-15+. The lowest BCUT2D eigenvalue weighted by Crippen LogP contribution is -2.54. The Morgan fingerprint density at radius 2 is 1.53 bits per heavy atom. The van der Waals surface area contributed by atoms with E-state index < -0.39 is 17.8 Å². The molecule has 36 heavy (non-hydrogen) atoms. The molecule has 0 atom stereocenters. The molecule has 0 aromatic heterocycles. The molecular weight excluding hydrogens is 592 g/mol. The molecule has 0 aliphatic carbocycles. The number of unbranched alkanes of at least 4 members (excludes halogenated alkanes) is 5. The van der Waals surface area contributed by atoms with Crippen molar-refractivity contribution < 1.29 is 23.9 Å². The molecule has 0 spiro atoms. The summed E-state index contributed by atoms with van der Waals surface area (Å²) in [5, 5.41) is 2.24. The first-order valence-electron chi connectivity index (χ1n) is 12.1. The van der Waals surface area contributed by atoms with E-state index >= 15 is 0 Å². The molecule has 7 nitrogen and oxygen atoms in total. The van der Waals surface area contributed by atoms with Gasteiger partial charge in [-0.05, 0) is 93.2 Å². The molecular formula is C27H30Br2N2O5. The number of carbonyl (C=O) groups is 3. The molecule has 1 heterocycles. The fourth-order valence-corrected chi connectivity index (χ4v) is 5.22. The highest BCUT2D eigenvalue weighted by molar-refractivity contribution is 9.11. The Labute approximate surface area is 228 Å². The van der Waals surface area contributed by atoms with Crippen molar-refractivity contribution in [2.45, 2.75) is 52.4 Å². The maximum Gasteiger partial charge on any atom is 0.335 e. The fraction of sp³-hybridized carbons (Fsp3) is 0.370. The van der Waals surface area contributed by atoms with Crippen LogP contribution in [0.25, 0.3) is 6.08 Å². The van der Waals surface area contributed by atoms with Crippen molar-refractivity contribution in [3.63, 3.8) is 0 Å². The summed E-state index contributed by atoms with van der Waals surface area (Å²) >= 11 is 7.06. The Morgan fingerprint density at radius 3 is 2.17 bits per heavy atom. The van der Waals surface area contributed by atoms with Gasteiger partial charge in [0.25, 0.3) is 11.8 Å². The molecule has 0 unspecified atom stereocenters. The first-order valence-corrected chi connectivity index (χ1v) is 13.7. The van der Waals surface area contributed by atoms with Crippen molar-refractivity contribution in [3.05, 3.63) is 56.5 Å². The predicted octanol–water partition coefficient (Wildman–Crippen LogP) is 7.02. The Morgan fingerprint density at radius 1 is 0.889 bits per heavy atom. The van der Waals surface area contributed by atoms with Crippen molar-refractivity contribution in [3.8, 4) is 11.5 Å². The van der Waals surface area contributed by atoms with E-state index in [0.29, 0.717) is 44.9 Å². The van der Waals surface area contributed by atoms with E-state index in [1.165, 1.54) is 31.8 Å². The highest BCUT2D eigenvalue weighted by Gasteiger charge is 2.36. The molecule has 1 N–H and O–H groups in total. The number of barbiturate groups is 1. The molecule has 4 amide bonds. The van der Waals surface area contributed by atoms with E-state index in [-0.39, 0.29) is 5.57 Å². The monoisotopic (exact) mass is 620 g/mol. The Bertz CT molecular complexity index is 1110. The summed E-state index contributed by atoms with van der Waals surface area (Å²) in [7, 11) is 0. The summed E-state index contributed by atoms with van der Waals surface area (Å²) in [6.45, 7) is 5.16. The molecule has 192 valence electrons. The van der Waals surface area contributed by atoms with E-state index in [4.69, 9.17) is 9.47 Å². The summed E-state index contributed by atoms with van der Waals surface area (Å²) in [5.41, 5.74) is 0.781. The van der Waals surface area contributed by atoms with Crippen LogP contribution in [0.15, 0.2) is 50.9 Å². The zero-order valence-electron chi connectivity index (χ0n) is 20.4. The topological polar surface area (TPSA) is 84.9 Å². The number of hydrogen-bond acceptors (Lipinski definition) is 5. The Hall–Kier alpha value is -2.65. The van der Waals surface area contributed by atoms with Crippen LogP contribution >= 0.6 is 31.9 Å². The van der Waals surface area contributed by atoms with Gasteiger partial charge in [0.2, 0.25) is 0 Å². The number of imide groups is 2. The van der Waals surface area contributed by atoms with Gasteiger partial charge in [-0.25, -0.2) is 9.69 Å². The highest BCUT2D eigenvalue weighted by Crippen LogP contribution is 2.36. The number of urea groups is 1. The highest BCUT2D eigenvalue weighted by atomic mass is 79.9. The molecule has 0 saturated carbocycles. The number of anilines is 1. The predicted molar refractivity (Wildman–Crippen MR) is 147 cm³/mol. The van der Waals surface area contributed by atoms with Crippen molar-refractivity contribution in [1.29, 1.82) is 0 Å². The van der Waals surface area contributed by atoms with E-state index in [1.807, 2.05) is 6.92 Å². The van der Waals surface area contributed by atoms with E-state index in [2.05, 4.69) is 44.1 Å². The second-order valence-electron chi connectivity index (χ2n) is 8.31. The third kappa shape index (κ3) is 7.20. The molecule has 1 fully saturated rings. The van der Waals surface area contributed by atoms with Crippen molar-refractivity contribution in [2.24, 2.45) is 0 Å². The number of carbonyl (C=O) groups excluding carboxylic acids is 3. The van der Waals surface area contributed by atoms with Crippen LogP contribution in [0.1, 0.15) is 57.9 Å². The summed E-state index contributed by atoms with van der Waals surface area (Å²) in [4.78, 5) is 39.1. The van der Waals surface area contributed by atoms with Gasteiger partial charge in [-0.2, -0.15) is 0 Å². The molecule has 3 rings (SSSR count). The van der Waals surface area contributed by atoms with Crippen LogP contribution in [-0.2, 0) is 9.59 Å². The molecule has 9 heteroatoms. The maximum atomic E-state index is 13.2. The molecule has 1 aliphatic heterocycles. The number of hydrogen-bond donors (Lipinski definition) is 1. The molecule has 0 bridgehead atoms. The van der Waals surface area contributed by atoms with Gasteiger partial charge in [0.1, 0.15) is 17.1 Å². The lowest BCUT2D eigenvalue weighted by molar-refractivity contribution is -0.122. The van der Waals surface area contributed by atoms with Crippen LogP contribution in [0, 0.1) is 0 Å². The first-order chi connectivity index (χ1) is 17.3. The number of amides is 4. The van der Waals surface area contributed by atoms with Gasteiger partial charge in [-0.3, -0.25) is 14.9 Å². The summed E-state index contributed by atoms with van der Waals surface area (Å²) < 4.78 is 12.8. The van der Waals surface area contributed by atoms with Gasteiger partial charge in [0.05, 0.1) is 27.8 Å². The fourth-order valence-electron chi connectivity index (χ4n) is 3.77. The van der Waals surface area contributed by atoms with Crippen LogP contribution in [-0.4, -0.2) is 31.1 Å². The second-order valence-corrected chi connectivity index (χ2v) is 10.0. The minimum atomic E-state index is -0.799. The van der Waals surface area contributed by atoms with Gasteiger partial charge in [0.15, 0.2) is 0 Å². The van der Waals surface area contributed by atoms with Gasteiger partial charge in [-0.1, -0.05) is 39.0 Å². The third-order valence-corrected chi connectivity index (χ3v) is 6.76. The third-order valence-electron chi connectivity index (χ3n) is 5.58. The maximum absolute atomic E-state index is 13.2. The molecule has 1 aliphatic rings. The largest absolute Gasteiger partial charge is 0.494 e. The van der Waals surface area contributed by atoms with Gasteiger partial charge in [0, 0.05) is 0 Å². The van der Waals surface area contributed by atoms with Gasteiger partial charge >= 0.3 is 6.03 Å². The molecule has 2 aromatic carbocycles. The Kier molecular flexibility index (Phi) is 10.6. The molecule has 1 saturated heterocycles. The van der Waals surface area contributed by atoms with E-state index in [9.17, 15) is 14.4 Å². The number of nitrogens with one attached hydrogen (secondary N) is 1. The van der Waals surface area contributed by atoms with Crippen LogP contribution in [0.4, 0.5) is 10.5 Å². The summed E-state index contributed by atoms with van der Waals surface area (Å²) in [6.07, 6.45) is 8.50. The van der Waals surface area contributed by atoms with Gasteiger partial charge < -0.3 is 9.47 Å². The van der Waals surface area contributed by atoms with Crippen LogP contribution in [0.5, 0.6) is 11.5 Å². The van der Waals surface area contributed by atoms with E-state index in [1.54, 1.807) is 36.4 Å². The molecule has 0 radical (unpaired) electrons. The zero-order chi connectivity index (χ0) is 26.1. The minimum absolute atomic E-state index is 0.150. The SMILES string of the molecule is CCCCCCCCOc1c(Br)cc(/C=C2\C(=O)NC(=O)N(c3ccc(OCC)cc3)C2=O)cc1Br. The van der Waals surface area contributed by atoms with Crippen LogP contribution < -0.4 is 19.7 Å². The van der Waals surface area contributed by atoms with Crippen molar-refractivity contribution >= 4 is 61.5 Å². The second kappa shape index (κ2) is 13.6. The normalized spacial score (nSPS) is 14.8. The first kappa shape index (κ1) is 27.9. The minimum Gasteiger partial charge on any atom is -0.494 e. The van der Waals surface area contributed by atoms with Crippen LogP contribution in [0.2, 0.25) is 0 Å². The summed E-state index contributed by atoms with van der Waals surface area (Å²) in [6, 6.07) is 9.26. The smallest absolute Gasteiger partial charge is 0.335 e. The lowest BCUT2D eigenvalue weighted by atomic mass is 10.1. The number of rotatable bonds is 12. The van der Waals surface area contributed by atoms with E-state index in [0.717, 1.165) is 17.7 Å². The zero-order valence-corrected chi connectivity index (χ0v) is 23.6. The lowest BCUT2D eigenvalue weighted by Gasteiger charge is -2.26. The van der Waals surface area contributed by atoms with Crippen molar-refractivity contribution in [2.75, 3.05) is 18.1 Å². The Balaban J connectivity index is 1.74. The number of nitrogens with zero attached hydrogens (tertiary/aromatic N) is 1. The number of ether oxygens (including phenoxy) is 2. The van der Waals surface area contributed by atoms with Gasteiger partial charge in [-0.15, -0.1) is 0 Å². The molecule has 2 aromatic rings. The average Bonchev–Trinajstić information content (AvgIpc) is 2.83. The number of benzene rings is 2. The average molecular weight is 622 g/mol. The summed E-state index contributed by atoms with van der Waals surface area (Å²) in [5.74, 6) is -0.172. The van der Waals surface area contributed by atoms with Crippen LogP contribution in [0.3, 0.4) is 0 Å². The van der Waals surface area contributed by atoms with Crippen molar-refractivity contribution in [1.82, 2.24) is 5.32 Å².